The number of pyridine rings is 1. The first-order chi connectivity index (χ1) is 13.2. The predicted molar refractivity (Wildman–Crippen MR) is 102 cm³/mol. The maximum absolute atomic E-state index is 12.9. The maximum atomic E-state index is 12.9. The summed E-state index contributed by atoms with van der Waals surface area (Å²) in [4.78, 5) is 21.5. The molecule has 0 radical (unpaired) electrons. The Hall–Kier alpha value is -2.31. The van der Waals surface area contributed by atoms with E-state index in [1.165, 1.54) is 0 Å². The Morgan fingerprint density at radius 3 is 2.70 bits per heavy atom. The Balaban J connectivity index is 1.41. The van der Waals surface area contributed by atoms with E-state index in [1.807, 2.05) is 29.3 Å². The fourth-order valence-corrected chi connectivity index (χ4v) is 3.63. The standard InChI is InChI=1S/C20H22ClN3O3/c21-17-12-15(13-18-19(17)27-11-3-10-26-18)20(25)24-8-6-23(7-9-24)14-16-4-1-2-5-22-16/h1-2,4-5,12-13H,3,6-11,14H2. The van der Waals surface area contributed by atoms with Gasteiger partial charge in [-0.15, -0.1) is 0 Å². The smallest absolute Gasteiger partial charge is 0.254 e. The van der Waals surface area contributed by atoms with Crippen molar-refractivity contribution in [1.29, 1.82) is 0 Å². The summed E-state index contributed by atoms with van der Waals surface area (Å²) in [5, 5.41) is 0.423. The molecule has 3 heterocycles. The van der Waals surface area contributed by atoms with Crippen LogP contribution in [0.3, 0.4) is 0 Å². The molecule has 0 saturated carbocycles. The van der Waals surface area contributed by atoms with E-state index in [9.17, 15) is 4.79 Å². The molecule has 27 heavy (non-hydrogen) atoms. The maximum Gasteiger partial charge on any atom is 0.254 e. The Kier molecular flexibility index (Phi) is 5.45. The van der Waals surface area contributed by atoms with E-state index in [0.29, 0.717) is 48.4 Å². The summed E-state index contributed by atoms with van der Waals surface area (Å²) in [6.45, 7) is 4.93. The van der Waals surface area contributed by atoms with Gasteiger partial charge in [0.15, 0.2) is 11.5 Å². The molecule has 2 aliphatic heterocycles. The lowest BCUT2D eigenvalue weighted by Crippen LogP contribution is -2.48. The summed E-state index contributed by atoms with van der Waals surface area (Å²) in [5.41, 5.74) is 1.59. The van der Waals surface area contributed by atoms with E-state index in [0.717, 1.165) is 31.7 Å². The third-order valence-electron chi connectivity index (χ3n) is 4.82. The summed E-state index contributed by atoms with van der Waals surface area (Å²) in [6, 6.07) is 9.36. The van der Waals surface area contributed by atoms with Crippen LogP contribution in [0.1, 0.15) is 22.5 Å². The number of carbonyl (C=O) groups excluding carboxylic acids is 1. The number of fused-ring (bicyclic) bond motifs is 1. The minimum Gasteiger partial charge on any atom is -0.489 e. The Labute approximate surface area is 163 Å². The van der Waals surface area contributed by atoms with Crippen molar-refractivity contribution in [3.05, 3.63) is 52.8 Å². The van der Waals surface area contributed by atoms with Gasteiger partial charge in [-0.3, -0.25) is 14.7 Å². The van der Waals surface area contributed by atoms with Gasteiger partial charge in [0.1, 0.15) is 0 Å². The molecular formula is C20H22ClN3O3. The first kappa shape index (κ1) is 18.1. The number of aromatic nitrogens is 1. The van der Waals surface area contributed by atoms with Crippen molar-refractivity contribution >= 4 is 17.5 Å². The van der Waals surface area contributed by atoms with Gasteiger partial charge in [0.25, 0.3) is 5.91 Å². The van der Waals surface area contributed by atoms with Crippen LogP contribution in [0, 0.1) is 0 Å². The molecule has 0 bridgehead atoms. The molecule has 1 saturated heterocycles. The van der Waals surface area contributed by atoms with Crippen molar-refractivity contribution in [2.24, 2.45) is 0 Å². The van der Waals surface area contributed by atoms with E-state index in [2.05, 4.69) is 9.88 Å². The van der Waals surface area contributed by atoms with E-state index in [4.69, 9.17) is 21.1 Å². The van der Waals surface area contributed by atoms with Gasteiger partial charge in [-0.25, -0.2) is 0 Å². The highest BCUT2D eigenvalue weighted by Crippen LogP contribution is 2.38. The monoisotopic (exact) mass is 387 g/mol. The van der Waals surface area contributed by atoms with Crippen molar-refractivity contribution in [3.8, 4) is 11.5 Å². The zero-order valence-corrected chi connectivity index (χ0v) is 15.8. The third-order valence-corrected chi connectivity index (χ3v) is 5.10. The van der Waals surface area contributed by atoms with Gasteiger partial charge >= 0.3 is 0 Å². The molecule has 1 fully saturated rings. The van der Waals surface area contributed by atoms with E-state index in [1.54, 1.807) is 12.1 Å². The van der Waals surface area contributed by atoms with E-state index < -0.39 is 0 Å². The van der Waals surface area contributed by atoms with E-state index in [-0.39, 0.29) is 5.91 Å². The molecule has 4 rings (SSSR count). The van der Waals surface area contributed by atoms with Gasteiger partial charge in [0.2, 0.25) is 0 Å². The van der Waals surface area contributed by atoms with Gasteiger partial charge in [0.05, 0.1) is 23.9 Å². The molecule has 6 nitrogen and oxygen atoms in total. The number of ether oxygens (including phenoxy) is 2. The van der Waals surface area contributed by atoms with Crippen LogP contribution in [0.25, 0.3) is 0 Å². The lowest BCUT2D eigenvalue weighted by atomic mass is 10.1. The highest BCUT2D eigenvalue weighted by Gasteiger charge is 2.25. The van der Waals surface area contributed by atoms with Crippen molar-refractivity contribution in [3.63, 3.8) is 0 Å². The van der Waals surface area contributed by atoms with Crippen molar-refractivity contribution in [1.82, 2.24) is 14.8 Å². The molecule has 1 aromatic heterocycles. The van der Waals surface area contributed by atoms with Gasteiger partial charge in [0, 0.05) is 50.9 Å². The minimum atomic E-state index is -0.0231. The number of halogens is 1. The number of piperazine rings is 1. The van der Waals surface area contributed by atoms with Crippen LogP contribution in [0.4, 0.5) is 0 Å². The Bertz CT molecular complexity index is 808. The van der Waals surface area contributed by atoms with Crippen molar-refractivity contribution < 1.29 is 14.3 Å². The molecule has 1 amide bonds. The predicted octanol–water partition coefficient (Wildman–Crippen LogP) is 2.85. The quantitative estimate of drug-likeness (QED) is 0.810. The lowest BCUT2D eigenvalue weighted by molar-refractivity contribution is 0.0626. The van der Waals surface area contributed by atoms with Crippen molar-refractivity contribution in [2.75, 3.05) is 39.4 Å². The summed E-state index contributed by atoms with van der Waals surface area (Å²) in [6.07, 6.45) is 2.61. The number of benzene rings is 1. The molecule has 2 aliphatic rings. The second-order valence-electron chi connectivity index (χ2n) is 6.73. The second-order valence-corrected chi connectivity index (χ2v) is 7.13. The minimum absolute atomic E-state index is 0.0231. The number of hydrogen-bond acceptors (Lipinski definition) is 5. The molecule has 0 aliphatic carbocycles. The van der Waals surface area contributed by atoms with Gasteiger partial charge in [-0.2, -0.15) is 0 Å². The van der Waals surface area contributed by atoms with Gasteiger partial charge < -0.3 is 14.4 Å². The van der Waals surface area contributed by atoms with Crippen molar-refractivity contribution in [2.45, 2.75) is 13.0 Å². The Morgan fingerprint density at radius 2 is 1.93 bits per heavy atom. The van der Waals surface area contributed by atoms with Crippen LogP contribution in [0.5, 0.6) is 11.5 Å². The number of nitrogens with zero attached hydrogens (tertiary/aromatic N) is 3. The normalized spacial score (nSPS) is 17.4. The number of rotatable bonds is 3. The summed E-state index contributed by atoms with van der Waals surface area (Å²) in [7, 11) is 0. The topological polar surface area (TPSA) is 54.9 Å². The van der Waals surface area contributed by atoms with Crippen LogP contribution in [0.2, 0.25) is 5.02 Å². The molecule has 0 unspecified atom stereocenters. The molecule has 1 aromatic carbocycles. The second kappa shape index (κ2) is 8.15. The zero-order valence-electron chi connectivity index (χ0n) is 15.1. The van der Waals surface area contributed by atoms with Gasteiger partial charge in [-0.05, 0) is 24.3 Å². The van der Waals surface area contributed by atoms with Gasteiger partial charge in [-0.1, -0.05) is 17.7 Å². The van der Waals surface area contributed by atoms with Crippen LogP contribution >= 0.6 is 11.6 Å². The number of hydrogen-bond donors (Lipinski definition) is 0. The highest BCUT2D eigenvalue weighted by atomic mass is 35.5. The third kappa shape index (κ3) is 4.17. The summed E-state index contributed by atoms with van der Waals surface area (Å²) in [5.74, 6) is 1.06. The summed E-state index contributed by atoms with van der Waals surface area (Å²) < 4.78 is 11.3. The summed E-state index contributed by atoms with van der Waals surface area (Å²) >= 11 is 6.33. The zero-order chi connectivity index (χ0) is 18.6. The van der Waals surface area contributed by atoms with E-state index >= 15 is 0 Å². The first-order valence-corrected chi connectivity index (χ1v) is 9.59. The average molecular weight is 388 g/mol. The highest BCUT2D eigenvalue weighted by molar-refractivity contribution is 6.32. The number of amides is 1. The largest absolute Gasteiger partial charge is 0.489 e. The molecule has 142 valence electrons. The van der Waals surface area contributed by atoms with Crippen LogP contribution in [-0.4, -0.2) is 60.1 Å². The SMILES string of the molecule is O=C(c1cc(Cl)c2c(c1)OCCCO2)N1CCN(Cc2ccccn2)CC1. The molecule has 0 atom stereocenters. The fraction of sp³-hybridized carbons (Fsp3) is 0.400. The first-order valence-electron chi connectivity index (χ1n) is 9.21. The fourth-order valence-electron chi connectivity index (χ4n) is 3.37. The lowest BCUT2D eigenvalue weighted by Gasteiger charge is -2.34. The molecule has 7 heteroatoms. The molecular weight excluding hydrogens is 366 g/mol. The van der Waals surface area contributed by atoms with Crippen LogP contribution in [0.15, 0.2) is 36.5 Å². The number of carbonyl (C=O) groups is 1. The average Bonchev–Trinajstić information content (AvgIpc) is 2.95. The van der Waals surface area contributed by atoms with Crippen LogP contribution in [-0.2, 0) is 6.54 Å². The molecule has 2 aromatic rings. The van der Waals surface area contributed by atoms with Crippen LogP contribution < -0.4 is 9.47 Å². The molecule has 0 N–H and O–H groups in total. The molecule has 0 spiro atoms. The Morgan fingerprint density at radius 1 is 1.11 bits per heavy atom.